The van der Waals surface area contributed by atoms with Gasteiger partial charge in [-0.05, 0) is 36.4 Å². The fourth-order valence-corrected chi connectivity index (χ4v) is 2.19. The molecule has 0 amide bonds. The Kier molecular flexibility index (Phi) is 6.23. The monoisotopic (exact) mass is 452 g/mol. The SMILES string of the molecule is Fc1ccc(OB(Oc2ccc(F)c(F)c2F)Oc2c(F)ccc(F)c2F)c(F)c1F. The Hall–Kier alpha value is -3.51. The Morgan fingerprint density at radius 1 is 0.419 bits per heavy atom. The molecule has 3 nitrogen and oxygen atoms in total. The predicted octanol–water partition coefficient (Wildman–Crippen LogP) is 5.46. The normalized spacial score (nSPS) is 10.7. The molecule has 0 aromatic heterocycles. The molecule has 0 saturated heterocycles. The molecule has 0 unspecified atom stereocenters. The fraction of sp³-hybridized carbons (Fsp3) is 0. The third kappa shape index (κ3) is 4.49. The third-order valence-corrected chi connectivity index (χ3v) is 3.66. The molecule has 0 spiro atoms. The number of halogens is 9. The van der Waals surface area contributed by atoms with Gasteiger partial charge < -0.3 is 14.0 Å². The Morgan fingerprint density at radius 3 is 1.29 bits per heavy atom. The summed E-state index contributed by atoms with van der Waals surface area (Å²) in [5.41, 5.74) is 0. The van der Waals surface area contributed by atoms with Crippen LogP contribution >= 0.6 is 0 Å². The Bertz CT molecular complexity index is 1080. The summed E-state index contributed by atoms with van der Waals surface area (Å²) in [6.45, 7) is 0. The Labute approximate surface area is 167 Å². The molecular weight excluding hydrogens is 446 g/mol. The van der Waals surface area contributed by atoms with E-state index in [-0.39, 0.29) is 0 Å². The van der Waals surface area contributed by atoms with Crippen LogP contribution in [-0.2, 0) is 0 Å². The molecule has 0 N–H and O–H groups in total. The maximum Gasteiger partial charge on any atom is 0.864 e. The van der Waals surface area contributed by atoms with Gasteiger partial charge in [0.05, 0.1) is 0 Å². The summed E-state index contributed by atoms with van der Waals surface area (Å²) in [4.78, 5) is 0. The van der Waals surface area contributed by atoms with Crippen molar-refractivity contribution in [3.05, 3.63) is 88.8 Å². The first-order chi connectivity index (χ1) is 14.6. The van der Waals surface area contributed by atoms with Gasteiger partial charge in [0, 0.05) is 0 Å². The van der Waals surface area contributed by atoms with Crippen molar-refractivity contribution in [2.24, 2.45) is 0 Å². The summed E-state index contributed by atoms with van der Waals surface area (Å²) < 4.78 is 136. The van der Waals surface area contributed by atoms with Gasteiger partial charge in [-0.15, -0.1) is 0 Å². The molecule has 0 aliphatic carbocycles. The molecule has 3 rings (SSSR count). The summed E-state index contributed by atoms with van der Waals surface area (Å²) in [5, 5.41) is 0. The molecule has 0 radical (unpaired) electrons. The van der Waals surface area contributed by atoms with Crippen molar-refractivity contribution in [2.75, 3.05) is 0 Å². The van der Waals surface area contributed by atoms with Crippen molar-refractivity contribution in [3.63, 3.8) is 0 Å². The molecule has 162 valence electrons. The first-order valence-corrected chi connectivity index (χ1v) is 8.00. The second kappa shape index (κ2) is 8.70. The molecule has 0 aliphatic heterocycles. The first-order valence-electron chi connectivity index (χ1n) is 8.00. The number of hydrogen-bond donors (Lipinski definition) is 0. The first kappa shape index (κ1) is 22.2. The maximum atomic E-state index is 13.9. The number of benzene rings is 3. The zero-order valence-corrected chi connectivity index (χ0v) is 14.7. The average Bonchev–Trinajstić information content (AvgIpc) is 2.74. The lowest BCUT2D eigenvalue weighted by molar-refractivity contribution is 0.272. The molecule has 13 heteroatoms. The van der Waals surface area contributed by atoms with Gasteiger partial charge in [0.2, 0.25) is 17.5 Å². The molecule has 3 aromatic carbocycles. The van der Waals surface area contributed by atoms with E-state index in [0.29, 0.717) is 36.4 Å². The van der Waals surface area contributed by atoms with Crippen molar-refractivity contribution in [1.82, 2.24) is 0 Å². The number of hydrogen-bond acceptors (Lipinski definition) is 3. The van der Waals surface area contributed by atoms with Crippen LogP contribution in [0.3, 0.4) is 0 Å². The van der Waals surface area contributed by atoms with Crippen molar-refractivity contribution in [1.29, 1.82) is 0 Å². The van der Waals surface area contributed by atoms with Crippen LogP contribution in [0.4, 0.5) is 39.5 Å². The summed E-state index contributed by atoms with van der Waals surface area (Å²) in [5.74, 6) is -20.0. The van der Waals surface area contributed by atoms with Crippen LogP contribution in [0.2, 0.25) is 0 Å². The molecule has 0 heterocycles. The minimum Gasteiger partial charge on any atom is -0.487 e. The maximum absolute atomic E-state index is 13.9. The van der Waals surface area contributed by atoms with Gasteiger partial charge >= 0.3 is 7.32 Å². The lowest BCUT2D eigenvalue weighted by Crippen LogP contribution is -2.38. The van der Waals surface area contributed by atoms with E-state index in [2.05, 4.69) is 4.65 Å². The molecule has 31 heavy (non-hydrogen) atoms. The zero-order chi connectivity index (χ0) is 22.9. The van der Waals surface area contributed by atoms with Crippen molar-refractivity contribution in [2.45, 2.75) is 0 Å². The van der Waals surface area contributed by atoms with E-state index < -0.39 is 76.9 Å². The largest absolute Gasteiger partial charge is 0.864 e. The minimum atomic E-state index is -2.62. The summed E-state index contributed by atoms with van der Waals surface area (Å²) in [6, 6.07) is 2.61. The molecule has 0 saturated carbocycles. The van der Waals surface area contributed by atoms with E-state index >= 15 is 0 Å². The third-order valence-electron chi connectivity index (χ3n) is 3.66. The lowest BCUT2D eigenvalue weighted by Gasteiger charge is -2.18. The fourth-order valence-electron chi connectivity index (χ4n) is 2.19. The standard InChI is InChI=1S/C18H6BF9O3/c20-7-3-5-11(16(27)13(7)24)29-19(30-12-6-4-8(21)14(25)17(12)28)31-18-10(23)2-1-9(22)15(18)26/h1-6H. The van der Waals surface area contributed by atoms with Gasteiger partial charge in [-0.3, -0.25) is 0 Å². The minimum absolute atomic E-state index is 0.387. The van der Waals surface area contributed by atoms with Crippen molar-refractivity contribution in [3.8, 4) is 17.2 Å². The topological polar surface area (TPSA) is 27.7 Å². The van der Waals surface area contributed by atoms with E-state index in [4.69, 9.17) is 9.31 Å². The molecule has 0 fully saturated rings. The predicted molar refractivity (Wildman–Crippen MR) is 86.6 cm³/mol. The van der Waals surface area contributed by atoms with Gasteiger partial charge in [0.25, 0.3) is 0 Å². The summed E-state index contributed by atoms with van der Waals surface area (Å²) in [7, 11) is -2.62. The highest BCUT2D eigenvalue weighted by Crippen LogP contribution is 2.29. The molecule has 3 aromatic rings. The van der Waals surface area contributed by atoms with Crippen molar-refractivity contribution < 1.29 is 53.5 Å². The van der Waals surface area contributed by atoms with E-state index in [9.17, 15) is 39.5 Å². The Morgan fingerprint density at radius 2 is 0.806 bits per heavy atom. The second-order valence-electron chi connectivity index (χ2n) is 5.66. The Balaban J connectivity index is 2.01. The molecule has 0 bridgehead atoms. The van der Waals surface area contributed by atoms with Crippen molar-refractivity contribution >= 4 is 7.32 Å². The second-order valence-corrected chi connectivity index (χ2v) is 5.66. The average molecular weight is 452 g/mol. The summed E-state index contributed by atoms with van der Waals surface area (Å²) in [6.07, 6.45) is 0. The van der Waals surface area contributed by atoms with Crippen LogP contribution in [0.15, 0.2) is 36.4 Å². The van der Waals surface area contributed by atoms with E-state index in [1.54, 1.807) is 0 Å². The van der Waals surface area contributed by atoms with Crippen LogP contribution in [0.1, 0.15) is 0 Å². The van der Waals surface area contributed by atoms with E-state index in [1.807, 2.05) is 0 Å². The molecule has 0 atom stereocenters. The van der Waals surface area contributed by atoms with Gasteiger partial charge in [0.15, 0.2) is 40.7 Å². The highest BCUT2D eigenvalue weighted by molar-refractivity contribution is 6.39. The molecule has 0 aliphatic rings. The zero-order valence-electron chi connectivity index (χ0n) is 14.7. The highest BCUT2D eigenvalue weighted by atomic mass is 19.2. The van der Waals surface area contributed by atoms with Gasteiger partial charge in [-0.25, -0.2) is 26.3 Å². The van der Waals surface area contributed by atoms with E-state index in [0.717, 1.165) is 0 Å². The quantitative estimate of drug-likeness (QED) is 0.215. The van der Waals surface area contributed by atoms with Gasteiger partial charge in [-0.1, -0.05) is 0 Å². The lowest BCUT2D eigenvalue weighted by atomic mass is 10.1. The van der Waals surface area contributed by atoms with Gasteiger partial charge in [0.1, 0.15) is 11.5 Å². The van der Waals surface area contributed by atoms with Crippen LogP contribution < -0.4 is 14.0 Å². The van der Waals surface area contributed by atoms with E-state index in [1.165, 1.54) is 0 Å². The van der Waals surface area contributed by atoms with Crippen LogP contribution in [0.5, 0.6) is 17.2 Å². The van der Waals surface area contributed by atoms with Crippen LogP contribution in [0.25, 0.3) is 0 Å². The smallest absolute Gasteiger partial charge is 0.487 e. The number of rotatable bonds is 6. The van der Waals surface area contributed by atoms with Crippen LogP contribution in [0, 0.1) is 52.4 Å². The summed E-state index contributed by atoms with van der Waals surface area (Å²) >= 11 is 0. The van der Waals surface area contributed by atoms with Crippen LogP contribution in [-0.4, -0.2) is 7.32 Å². The highest BCUT2D eigenvalue weighted by Gasteiger charge is 2.36. The van der Waals surface area contributed by atoms with Gasteiger partial charge in [-0.2, -0.15) is 13.2 Å². The molecular formula is C18H6BF9O3.